The van der Waals surface area contributed by atoms with Crippen molar-refractivity contribution in [2.75, 3.05) is 13.1 Å². The van der Waals surface area contributed by atoms with Crippen molar-refractivity contribution in [1.82, 2.24) is 9.29 Å². The van der Waals surface area contributed by atoms with Crippen LogP contribution in [0.3, 0.4) is 0 Å². The zero-order valence-corrected chi connectivity index (χ0v) is 13.1. The molecule has 3 rings (SSSR count). The number of H-pyrrole nitrogens is 1. The topological polar surface area (TPSA) is 53.2 Å². The number of halogens is 1. The third-order valence-corrected chi connectivity index (χ3v) is 6.05. The molecule has 1 atom stereocenters. The predicted octanol–water partition coefficient (Wildman–Crippen LogP) is 2.93. The maximum atomic E-state index is 12.6. The van der Waals surface area contributed by atoms with Gasteiger partial charge in [-0.15, -0.1) is 11.6 Å². The zero-order chi connectivity index (χ0) is 14.9. The molecule has 0 amide bonds. The van der Waals surface area contributed by atoms with Gasteiger partial charge in [-0.3, -0.25) is 0 Å². The minimum absolute atomic E-state index is 0.271. The van der Waals surface area contributed by atoms with Gasteiger partial charge in [0.2, 0.25) is 10.0 Å². The summed E-state index contributed by atoms with van der Waals surface area (Å²) < 4.78 is 26.8. The molecule has 112 valence electrons. The largest absolute Gasteiger partial charge is 0.363 e. The van der Waals surface area contributed by atoms with Crippen LogP contribution in [0, 0.1) is 0 Å². The van der Waals surface area contributed by atoms with E-state index in [9.17, 15) is 8.42 Å². The van der Waals surface area contributed by atoms with Gasteiger partial charge in [0.05, 0.1) is 10.8 Å². The van der Waals surface area contributed by atoms with Gasteiger partial charge in [0.1, 0.15) is 0 Å². The molecule has 0 radical (unpaired) electrons. The van der Waals surface area contributed by atoms with Gasteiger partial charge in [0.25, 0.3) is 0 Å². The summed E-state index contributed by atoms with van der Waals surface area (Å²) in [7, 11) is -3.43. The first-order valence-electron chi connectivity index (χ1n) is 6.89. The number of sulfonamides is 1. The second kappa shape index (κ2) is 5.83. The van der Waals surface area contributed by atoms with Gasteiger partial charge in [-0.05, 0) is 24.0 Å². The lowest BCUT2D eigenvalue weighted by Crippen LogP contribution is -2.28. The molecule has 1 N–H and O–H groups in total. The Bertz CT molecular complexity index is 712. The lowest BCUT2D eigenvalue weighted by Gasteiger charge is -2.15. The van der Waals surface area contributed by atoms with Crippen molar-refractivity contribution in [2.45, 2.75) is 23.1 Å². The number of aromatic amines is 1. The van der Waals surface area contributed by atoms with Crippen LogP contribution in [0.2, 0.25) is 0 Å². The van der Waals surface area contributed by atoms with Gasteiger partial charge in [-0.25, -0.2) is 8.42 Å². The fraction of sp³-hybridized carbons (Fsp3) is 0.333. The van der Waals surface area contributed by atoms with Crippen molar-refractivity contribution in [3.05, 3.63) is 53.9 Å². The third-order valence-electron chi connectivity index (χ3n) is 3.92. The molecular weight excluding hydrogens is 308 g/mol. The van der Waals surface area contributed by atoms with Crippen LogP contribution in [0.4, 0.5) is 0 Å². The molecule has 1 saturated heterocycles. The molecule has 1 aliphatic rings. The predicted molar refractivity (Wildman–Crippen MR) is 82.9 cm³/mol. The van der Waals surface area contributed by atoms with E-state index in [0.29, 0.717) is 23.7 Å². The fourth-order valence-electron chi connectivity index (χ4n) is 2.74. The van der Waals surface area contributed by atoms with E-state index < -0.39 is 10.0 Å². The summed E-state index contributed by atoms with van der Waals surface area (Å²) in [5.41, 5.74) is 1.92. The van der Waals surface area contributed by atoms with Crippen LogP contribution < -0.4 is 0 Å². The van der Waals surface area contributed by atoms with Gasteiger partial charge in [-0.2, -0.15) is 4.31 Å². The van der Waals surface area contributed by atoms with Crippen LogP contribution in [0.1, 0.15) is 23.6 Å². The molecule has 0 saturated carbocycles. The maximum Gasteiger partial charge on any atom is 0.244 e. The van der Waals surface area contributed by atoms with E-state index in [2.05, 4.69) is 17.1 Å². The van der Waals surface area contributed by atoms with Crippen LogP contribution >= 0.6 is 11.6 Å². The van der Waals surface area contributed by atoms with Crippen LogP contribution in [0.5, 0.6) is 0 Å². The Kier molecular flexibility index (Phi) is 4.06. The van der Waals surface area contributed by atoms with Crippen LogP contribution in [-0.4, -0.2) is 30.8 Å². The number of benzene rings is 1. The zero-order valence-electron chi connectivity index (χ0n) is 11.5. The van der Waals surface area contributed by atoms with E-state index in [4.69, 9.17) is 11.6 Å². The summed E-state index contributed by atoms with van der Waals surface area (Å²) in [6.45, 7) is 1.09. The average molecular weight is 325 g/mol. The van der Waals surface area contributed by atoms with E-state index in [1.807, 2.05) is 18.2 Å². The molecule has 0 bridgehead atoms. The minimum Gasteiger partial charge on any atom is -0.363 e. The molecule has 4 nitrogen and oxygen atoms in total. The molecule has 1 aliphatic heterocycles. The number of hydrogen-bond donors (Lipinski definition) is 1. The van der Waals surface area contributed by atoms with Gasteiger partial charge in [0.15, 0.2) is 0 Å². The van der Waals surface area contributed by atoms with Crippen molar-refractivity contribution < 1.29 is 8.42 Å². The number of nitrogens with zero attached hydrogens (tertiary/aromatic N) is 1. The Morgan fingerprint density at radius 3 is 2.71 bits per heavy atom. The van der Waals surface area contributed by atoms with Crippen molar-refractivity contribution in [1.29, 1.82) is 0 Å². The Morgan fingerprint density at radius 2 is 2.05 bits per heavy atom. The summed E-state index contributed by atoms with van der Waals surface area (Å²) >= 11 is 5.71. The molecule has 1 aromatic heterocycles. The van der Waals surface area contributed by atoms with Gasteiger partial charge in [0, 0.05) is 25.0 Å². The monoisotopic (exact) mass is 324 g/mol. The number of hydrogen-bond acceptors (Lipinski definition) is 2. The lowest BCUT2D eigenvalue weighted by atomic mass is 9.99. The summed E-state index contributed by atoms with van der Waals surface area (Å²) in [5, 5.41) is 0. The summed E-state index contributed by atoms with van der Waals surface area (Å²) in [6.07, 6.45) is 2.37. The van der Waals surface area contributed by atoms with Gasteiger partial charge < -0.3 is 4.98 Å². The van der Waals surface area contributed by atoms with E-state index in [1.165, 1.54) is 11.8 Å². The number of aromatic nitrogens is 1. The minimum atomic E-state index is -3.43. The molecule has 1 unspecified atom stereocenters. The highest BCUT2D eigenvalue weighted by atomic mass is 35.5. The van der Waals surface area contributed by atoms with Crippen LogP contribution in [0.15, 0.2) is 47.5 Å². The van der Waals surface area contributed by atoms with Crippen molar-refractivity contribution >= 4 is 21.6 Å². The first kappa shape index (κ1) is 14.6. The standard InChI is InChI=1S/C15H17ClN2O2S/c16-9-14-8-15(10-17-14)21(19,20)18-7-6-13(11-18)12-4-2-1-3-5-12/h1-5,8,10,13,17H,6-7,9,11H2. The van der Waals surface area contributed by atoms with E-state index in [0.717, 1.165) is 6.42 Å². The lowest BCUT2D eigenvalue weighted by molar-refractivity contribution is 0.473. The van der Waals surface area contributed by atoms with Crippen LogP contribution in [0.25, 0.3) is 0 Å². The highest BCUT2D eigenvalue weighted by molar-refractivity contribution is 7.89. The smallest absolute Gasteiger partial charge is 0.244 e. The summed E-state index contributed by atoms with van der Waals surface area (Å²) in [4.78, 5) is 3.19. The van der Waals surface area contributed by atoms with Gasteiger partial charge >= 0.3 is 0 Å². The second-order valence-electron chi connectivity index (χ2n) is 5.25. The fourth-order valence-corrected chi connectivity index (χ4v) is 4.41. The molecule has 2 heterocycles. The Hall–Kier alpha value is -1.30. The highest BCUT2D eigenvalue weighted by Crippen LogP contribution is 2.31. The Labute approximate surface area is 129 Å². The Morgan fingerprint density at radius 1 is 1.29 bits per heavy atom. The molecule has 6 heteroatoms. The van der Waals surface area contributed by atoms with E-state index >= 15 is 0 Å². The first-order chi connectivity index (χ1) is 10.1. The molecule has 1 aromatic carbocycles. The van der Waals surface area contributed by atoms with E-state index in [1.54, 1.807) is 10.4 Å². The molecular formula is C15H17ClN2O2S. The Balaban J connectivity index is 1.79. The number of alkyl halides is 1. The molecule has 0 spiro atoms. The normalized spacial score (nSPS) is 20.0. The van der Waals surface area contributed by atoms with E-state index in [-0.39, 0.29) is 11.8 Å². The number of rotatable bonds is 4. The van der Waals surface area contributed by atoms with Crippen molar-refractivity contribution in [3.8, 4) is 0 Å². The maximum absolute atomic E-state index is 12.6. The molecule has 2 aromatic rings. The first-order valence-corrected chi connectivity index (χ1v) is 8.87. The highest BCUT2D eigenvalue weighted by Gasteiger charge is 2.33. The number of nitrogens with one attached hydrogen (secondary N) is 1. The summed E-state index contributed by atoms with van der Waals surface area (Å²) in [5.74, 6) is 0.551. The van der Waals surface area contributed by atoms with Crippen molar-refractivity contribution in [2.24, 2.45) is 0 Å². The SMILES string of the molecule is O=S(=O)(c1c[nH]c(CCl)c1)N1CCC(c2ccccc2)C1. The van der Waals surface area contributed by atoms with Crippen LogP contribution in [-0.2, 0) is 15.9 Å². The quantitative estimate of drug-likeness (QED) is 0.879. The van der Waals surface area contributed by atoms with Gasteiger partial charge in [-0.1, -0.05) is 30.3 Å². The molecule has 21 heavy (non-hydrogen) atoms. The average Bonchev–Trinajstić information content (AvgIpc) is 3.18. The third kappa shape index (κ3) is 2.86. The molecule has 0 aliphatic carbocycles. The molecule has 1 fully saturated rings. The van der Waals surface area contributed by atoms with Crippen molar-refractivity contribution in [3.63, 3.8) is 0 Å². The second-order valence-corrected chi connectivity index (χ2v) is 7.46. The summed E-state index contributed by atoms with van der Waals surface area (Å²) in [6, 6.07) is 11.7.